The van der Waals surface area contributed by atoms with Gasteiger partial charge >= 0.3 is 11.9 Å². The monoisotopic (exact) mass is 279 g/mol. The maximum Gasteiger partial charge on any atom is 0.331 e. The average Bonchev–Trinajstić information content (AvgIpc) is 2.65. The quantitative estimate of drug-likeness (QED) is 0.562. The van der Waals surface area contributed by atoms with E-state index in [9.17, 15) is 18.7 Å². The standard InChI is InChI=1S/C10H17NO6S/c1-16-9(12)3-4-10(13)17-7-6-11-5-2-8-18(11,14)15/h3-4,14-15H,2,5-8H2,1H3/b4-3+. The summed E-state index contributed by atoms with van der Waals surface area (Å²) in [5, 5.41) is 0. The molecular weight excluding hydrogens is 262 g/mol. The molecule has 1 heterocycles. The second kappa shape index (κ2) is 6.74. The van der Waals surface area contributed by atoms with Gasteiger partial charge in [0.1, 0.15) is 6.61 Å². The Kier molecular flexibility index (Phi) is 5.60. The highest BCUT2D eigenvalue weighted by molar-refractivity contribution is 8.22. The number of hydrogen-bond acceptors (Lipinski definition) is 7. The van der Waals surface area contributed by atoms with Crippen LogP contribution in [0.25, 0.3) is 0 Å². The number of esters is 2. The zero-order valence-corrected chi connectivity index (χ0v) is 10.9. The lowest BCUT2D eigenvalue weighted by molar-refractivity contribution is -0.139. The first kappa shape index (κ1) is 15.0. The molecule has 1 saturated heterocycles. The van der Waals surface area contributed by atoms with Crippen LogP contribution in [-0.4, -0.2) is 57.9 Å². The predicted molar refractivity (Wildman–Crippen MR) is 66.0 cm³/mol. The van der Waals surface area contributed by atoms with E-state index in [1.807, 2.05) is 0 Å². The fourth-order valence-corrected chi connectivity index (χ4v) is 3.03. The highest BCUT2D eigenvalue weighted by Gasteiger charge is 2.28. The van der Waals surface area contributed by atoms with Gasteiger partial charge in [-0.05, 0) is 6.42 Å². The van der Waals surface area contributed by atoms with Gasteiger partial charge in [-0.15, -0.1) is 10.8 Å². The third kappa shape index (κ3) is 4.65. The Morgan fingerprint density at radius 3 is 2.56 bits per heavy atom. The van der Waals surface area contributed by atoms with Crippen molar-refractivity contribution in [3.8, 4) is 0 Å². The maximum absolute atomic E-state index is 11.1. The molecule has 104 valence electrons. The Hall–Kier alpha value is -1.09. The van der Waals surface area contributed by atoms with Gasteiger partial charge in [-0.3, -0.25) is 9.11 Å². The van der Waals surface area contributed by atoms with Crippen molar-refractivity contribution in [2.45, 2.75) is 6.42 Å². The van der Waals surface area contributed by atoms with Gasteiger partial charge in [0, 0.05) is 18.7 Å². The van der Waals surface area contributed by atoms with E-state index in [0.29, 0.717) is 12.3 Å². The number of ether oxygens (including phenoxy) is 2. The topological polar surface area (TPSA) is 96.3 Å². The molecule has 2 N–H and O–H groups in total. The van der Waals surface area contributed by atoms with E-state index in [2.05, 4.69) is 4.74 Å². The number of hydrogen-bond donors (Lipinski definition) is 2. The highest BCUT2D eigenvalue weighted by atomic mass is 32.3. The van der Waals surface area contributed by atoms with Crippen LogP contribution >= 0.6 is 10.8 Å². The molecule has 0 amide bonds. The molecule has 18 heavy (non-hydrogen) atoms. The lowest BCUT2D eigenvalue weighted by Gasteiger charge is -2.36. The molecule has 0 unspecified atom stereocenters. The minimum atomic E-state index is -2.66. The first-order chi connectivity index (χ1) is 8.45. The van der Waals surface area contributed by atoms with Crippen LogP contribution < -0.4 is 0 Å². The van der Waals surface area contributed by atoms with E-state index in [-0.39, 0.29) is 13.2 Å². The Morgan fingerprint density at radius 2 is 2.00 bits per heavy atom. The summed E-state index contributed by atoms with van der Waals surface area (Å²) in [6, 6.07) is 0. The summed E-state index contributed by atoms with van der Waals surface area (Å²) in [4.78, 5) is 21.8. The van der Waals surface area contributed by atoms with Crippen molar-refractivity contribution in [2.24, 2.45) is 0 Å². The van der Waals surface area contributed by atoms with Crippen LogP contribution in [0.5, 0.6) is 0 Å². The van der Waals surface area contributed by atoms with Gasteiger partial charge in [-0.2, -0.15) is 0 Å². The molecule has 0 bridgehead atoms. The van der Waals surface area contributed by atoms with Crippen LogP contribution in [0, 0.1) is 0 Å². The Balaban J connectivity index is 2.24. The molecule has 1 aliphatic rings. The summed E-state index contributed by atoms with van der Waals surface area (Å²) < 4.78 is 29.8. The summed E-state index contributed by atoms with van der Waals surface area (Å²) in [7, 11) is -1.46. The summed E-state index contributed by atoms with van der Waals surface area (Å²) in [5.41, 5.74) is 0. The van der Waals surface area contributed by atoms with Gasteiger partial charge < -0.3 is 9.47 Å². The van der Waals surface area contributed by atoms with Gasteiger partial charge in [0.05, 0.1) is 19.4 Å². The van der Waals surface area contributed by atoms with Crippen molar-refractivity contribution in [3.05, 3.63) is 12.2 Å². The zero-order valence-electron chi connectivity index (χ0n) is 10.1. The molecule has 0 spiro atoms. The number of carbonyl (C=O) groups excluding carboxylic acids is 2. The van der Waals surface area contributed by atoms with E-state index in [4.69, 9.17) is 4.74 Å². The minimum absolute atomic E-state index is 0.0419. The van der Waals surface area contributed by atoms with E-state index >= 15 is 0 Å². The van der Waals surface area contributed by atoms with Gasteiger partial charge in [0.25, 0.3) is 0 Å². The van der Waals surface area contributed by atoms with Gasteiger partial charge in [-0.1, -0.05) is 0 Å². The fraction of sp³-hybridized carbons (Fsp3) is 0.600. The summed E-state index contributed by atoms with van der Waals surface area (Å²) in [5.74, 6) is -0.944. The smallest absolute Gasteiger partial charge is 0.331 e. The molecule has 0 aliphatic carbocycles. The van der Waals surface area contributed by atoms with Crippen LogP contribution in [0.4, 0.5) is 0 Å². The van der Waals surface area contributed by atoms with Crippen molar-refractivity contribution < 1.29 is 28.2 Å². The zero-order chi connectivity index (χ0) is 13.6. The normalized spacial score (nSPS) is 20.8. The van der Waals surface area contributed by atoms with Crippen molar-refractivity contribution in [1.82, 2.24) is 4.31 Å². The molecule has 1 aliphatic heterocycles. The number of methoxy groups -OCH3 is 1. The molecule has 1 rings (SSSR count). The number of rotatable bonds is 5. The summed E-state index contributed by atoms with van der Waals surface area (Å²) >= 11 is 0. The first-order valence-corrected chi connectivity index (χ1v) is 7.07. The van der Waals surface area contributed by atoms with Crippen molar-refractivity contribution >= 4 is 22.7 Å². The van der Waals surface area contributed by atoms with Crippen molar-refractivity contribution in [1.29, 1.82) is 0 Å². The number of nitrogens with zero attached hydrogens (tertiary/aromatic N) is 1. The van der Waals surface area contributed by atoms with Gasteiger partial charge in [0.2, 0.25) is 0 Å². The van der Waals surface area contributed by atoms with E-state index in [0.717, 1.165) is 18.6 Å². The first-order valence-electron chi connectivity index (χ1n) is 5.39. The SMILES string of the molecule is COC(=O)/C=C/C(=O)OCCN1CCCS1(O)O. The molecule has 0 atom stereocenters. The minimum Gasteiger partial charge on any atom is -0.466 e. The third-order valence-corrected chi connectivity index (χ3v) is 4.41. The molecule has 0 aromatic rings. The van der Waals surface area contributed by atoms with E-state index in [1.54, 1.807) is 0 Å². The van der Waals surface area contributed by atoms with Crippen molar-refractivity contribution in [2.75, 3.05) is 32.6 Å². The van der Waals surface area contributed by atoms with Crippen LogP contribution in [0.1, 0.15) is 6.42 Å². The second-order valence-electron chi connectivity index (χ2n) is 3.64. The Labute approximate surface area is 107 Å². The van der Waals surface area contributed by atoms with E-state index < -0.39 is 22.7 Å². The van der Waals surface area contributed by atoms with Crippen LogP contribution in [0.2, 0.25) is 0 Å². The highest BCUT2D eigenvalue weighted by Crippen LogP contribution is 2.47. The molecular formula is C10H17NO6S. The molecule has 1 fully saturated rings. The Bertz CT molecular complexity index is 343. The van der Waals surface area contributed by atoms with Gasteiger partial charge in [-0.25, -0.2) is 13.9 Å². The van der Waals surface area contributed by atoms with Crippen LogP contribution in [0.3, 0.4) is 0 Å². The maximum atomic E-state index is 11.1. The average molecular weight is 279 g/mol. The lowest BCUT2D eigenvalue weighted by Crippen LogP contribution is -2.27. The van der Waals surface area contributed by atoms with Crippen molar-refractivity contribution in [3.63, 3.8) is 0 Å². The number of carbonyl (C=O) groups is 2. The van der Waals surface area contributed by atoms with Gasteiger partial charge in [0.15, 0.2) is 0 Å². The second-order valence-corrected chi connectivity index (χ2v) is 5.83. The predicted octanol–water partition coefficient (Wildman–Crippen LogP) is 0.630. The molecule has 8 heteroatoms. The molecule has 7 nitrogen and oxygen atoms in total. The largest absolute Gasteiger partial charge is 0.466 e. The third-order valence-electron chi connectivity index (χ3n) is 2.38. The molecule has 0 aromatic carbocycles. The fourth-order valence-electron chi connectivity index (χ4n) is 1.47. The lowest BCUT2D eigenvalue weighted by atomic mass is 10.5. The van der Waals surface area contributed by atoms with Crippen LogP contribution in [-0.2, 0) is 19.1 Å². The molecule has 0 radical (unpaired) electrons. The van der Waals surface area contributed by atoms with E-state index in [1.165, 1.54) is 11.4 Å². The molecule has 0 aromatic heterocycles. The van der Waals surface area contributed by atoms with Crippen LogP contribution in [0.15, 0.2) is 12.2 Å². The Morgan fingerprint density at radius 1 is 1.33 bits per heavy atom. The summed E-state index contributed by atoms with van der Waals surface area (Å²) in [6.45, 7) is 0.887. The summed E-state index contributed by atoms with van der Waals surface area (Å²) in [6.07, 6.45) is 2.65. The molecule has 0 saturated carbocycles.